The summed E-state index contributed by atoms with van der Waals surface area (Å²) in [5.74, 6) is 1.60. The van der Waals surface area contributed by atoms with Gasteiger partial charge < -0.3 is 9.72 Å². The molecule has 0 aliphatic rings. The van der Waals surface area contributed by atoms with Gasteiger partial charge in [-0.05, 0) is 48.4 Å². The minimum absolute atomic E-state index is 0.187. The van der Waals surface area contributed by atoms with Crippen molar-refractivity contribution >= 4 is 26.9 Å². The predicted octanol–water partition coefficient (Wildman–Crippen LogP) is 4.61. The maximum atomic E-state index is 12.7. The first-order chi connectivity index (χ1) is 17.0. The summed E-state index contributed by atoms with van der Waals surface area (Å²) in [5.41, 5.74) is 4.60. The smallest absolute Gasteiger partial charge is 0.261 e. The zero-order valence-corrected chi connectivity index (χ0v) is 19.8. The van der Waals surface area contributed by atoms with Gasteiger partial charge in [-0.25, -0.2) is 18.4 Å². The largest absolute Gasteiger partial charge is 0.497 e. The number of imidazole rings is 1. The fraction of sp³-hybridized carbons (Fsp3) is 0.115. The number of nitrogens with zero attached hydrogens (tertiary/aromatic N) is 3. The molecule has 2 N–H and O–H groups in total. The van der Waals surface area contributed by atoms with Gasteiger partial charge in [-0.2, -0.15) is 0 Å². The van der Waals surface area contributed by atoms with Crippen molar-refractivity contribution in [3.63, 3.8) is 0 Å². The first-order valence-corrected chi connectivity index (χ1v) is 12.5. The van der Waals surface area contributed by atoms with Crippen LogP contribution in [0.5, 0.6) is 5.75 Å². The number of hydrogen-bond acceptors (Lipinski definition) is 6. The normalized spacial score (nSPS) is 11.5. The van der Waals surface area contributed by atoms with Crippen molar-refractivity contribution in [2.24, 2.45) is 0 Å². The second-order valence-electron chi connectivity index (χ2n) is 7.96. The van der Waals surface area contributed by atoms with Gasteiger partial charge in [-0.3, -0.25) is 9.71 Å². The number of aryl methyl sites for hydroxylation is 2. The van der Waals surface area contributed by atoms with E-state index in [4.69, 9.17) is 4.74 Å². The number of aromatic amines is 1. The molecule has 0 saturated carbocycles. The van der Waals surface area contributed by atoms with Crippen LogP contribution in [0.4, 0.5) is 5.69 Å². The number of pyridine rings is 2. The van der Waals surface area contributed by atoms with E-state index in [1.165, 1.54) is 0 Å². The Labute approximate surface area is 203 Å². The highest BCUT2D eigenvalue weighted by atomic mass is 32.2. The number of nitrogens with one attached hydrogen (secondary N) is 2. The van der Waals surface area contributed by atoms with Crippen LogP contribution in [0.3, 0.4) is 0 Å². The van der Waals surface area contributed by atoms with E-state index in [-0.39, 0.29) is 4.90 Å². The van der Waals surface area contributed by atoms with Gasteiger partial charge in [-0.15, -0.1) is 0 Å². The number of hydrogen-bond donors (Lipinski definition) is 2. The molecule has 0 spiro atoms. The van der Waals surface area contributed by atoms with Gasteiger partial charge in [-0.1, -0.05) is 30.3 Å². The molecule has 176 valence electrons. The third-order valence-electron chi connectivity index (χ3n) is 5.55. The molecule has 0 saturated heterocycles. The Morgan fingerprint density at radius 1 is 0.914 bits per heavy atom. The number of methoxy groups -OCH3 is 1. The lowest BCUT2D eigenvalue weighted by molar-refractivity contribution is 0.413. The molecule has 0 aliphatic carbocycles. The maximum absolute atomic E-state index is 12.7. The molecule has 3 aromatic heterocycles. The number of rotatable bonds is 8. The van der Waals surface area contributed by atoms with Crippen LogP contribution in [0.2, 0.25) is 0 Å². The van der Waals surface area contributed by atoms with E-state index in [1.54, 1.807) is 68.0 Å². The molecule has 0 atom stereocenters. The Morgan fingerprint density at radius 2 is 1.71 bits per heavy atom. The van der Waals surface area contributed by atoms with Crippen molar-refractivity contribution in [1.82, 2.24) is 19.9 Å². The lowest BCUT2D eigenvalue weighted by Gasteiger charge is -2.09. The topological polar surface area (TPSA) is 110 Å². The second kappa shape index (κ2) is 9.55. The number of benzene rings is 2. The van der Waals surface area contributed by atoms with Crippen molar-refractivity contribution < 1.29 is 13.2 Å². The average molecular weight is 486 g/mol. The number of para-hydroxylation sites is 1. The highest BCUT2D eigenvalue weighted by Crippen LogP contribution is 2.24. The number of fused-ring (bicyclic) bond motifs is 1. The van der Waals surface area contributed by atoms with E-state index >= 15 is 0 Å². The van der Waals surface area contributed by atoms with E-state index in [2.05, 4.69) is 24.7 Å². The summed E-state index contributed by atoms with van der Waals surface area (Å²) in [4.78, 5) is 17.0. The molecule has 35 heavy (non-hydrogen) atoms. The number of H-pyrrole nitrogens is 1. The van der Waals surface area contributed by atoms with E-state index in [0.717, 1.165) is 40.3 Å². The number of aromatic nitrogens is 4. The van der Waals surface area contributed by atoms with Crippen LogP contribution in [-0.4, -0.2) is 35.5 Å². The van der Waals surface area contributed by atoms with E-state index in [9.17, 15) is 8.42 Å². The second-order valence-corrected chi connectivity index (χ2v) is 9.64. The van der Waals surface area contributed by atoms with Gasteiger partial charge in [0, 0.05) is 41.8 Å². The van der Waals surface area contributed by atoms with Gasteiger partial charge in [0.1, 0.15) is 17.1 Å². The molecule has 0 unspecified atom stereocenters. The third kappa shape index (κ3) is 5.15. The standard InChI is InChI=1S/C26H23N5O3S/c1-34-22-13-14-27-21(16-22)9-12-25-29-24-15-19(17-28-26(24)30-25)18-7-10-23(11-8-18)35(32,33)31-20-5-3-2-4-6-20/h2-8,10-11,13-17,31H,9,12H2,1H3,(H,28,29,30). The maximum Gasteiger partial charge on any atom is 0.261 e. The SMILES string of the molecule is COc1ccnc(CCc2nc3cc(-c4ccc(S(=O)(=O)Nc5ccccc5)cc4)cnc3[nH]2)c1. The van der Waals surface area contributed by atoms with E-state index < -0.39 is 10.0 Å². The molecule has 0 bridgehead atoms. The van der Waals surface area contributed by atoms with E-state index in [0.29, 0.717) is 17.8 Å². The highest BCUT2D eigenvalue weighted by molar-refractivity contribution is 7.92. The molecule has 9 heteroatoms. The van der Waals surface area contributed by atoms with Crippen molar-refractivity contribution in [2.45, 2.75) is 17.7 Å². The quantitative estimate of drug-likeness (QED) is 0.332. The molecular formula is C26H23N5O3S. The molecule has 0 amide bonds. The molecule has 0 radical (unpaired) electrons. The minimum atomic E-state index is -3.67. The fourth-order valence-corrected chi connectivity index (χ4v) is 4.79. The first kappa shape index (κ1) is 22.5. The number of ether oxygens (including phenoxy) is 1. The van der Waals surface area contributed by atoms with E-state index in [1.807, 2.05) is 24.3 Å². The summed E-state index contributed by atoms with van der Waals surface area (Å²) in [7, 11) is -2.04. The van der Waals surface area contributed by atoms with Crippen molar-refractivity contribution in [3.8, 4) is 16.9 Å². The van der Waals surface area contributed by atoms with Gasteiger partial charge >= 0.3 is 0 Å². The van der Waals surface area contributed by atoms with Crippen LogP contribution in [0.1, 0.15) is 11.5 Å². The summed E-state index contributed by atoms with van der Waals surface area (Å²) < 4.78 is 33.2. The van der Waals surface area contributed by atoms with Gasteiger partial charge in [0.2, 0.25) is 0 Å². The van der Waals surface area contributed by atoms with Crippen LogP contribution in [0, 0.1) is 0 Å². The predicted molar refractivity (Wildman–Crippen MR) is 135 cm³/mol. The first-order valence-electron chi connectivity index (χ1n) is 11.0. The van der Waals surface area contributed by atoms with Crippen LogP contribution >= 0.6 is 0 Å². The van der Waals surface area contributed by atoms with Crippen molar-refractivity contribution in [2.75, 3.05) is 11.8 Å². The molecule has 5 rings (SSSR count). The highest BCUT2D eigenvalue weighted by Gasteiger charge is 2.14. The molecule has 5 aromatic rings. The van der Waals surface area contributed by atoms with Gasteiger partial charge in [0.25, 0.3) is 10.0 Å². The molecule has 0 fully saturated rings. The summed E-state index contributed by atoms with van der Waals surface area (Å²) in [5, 5.41) is 0. The molecule has 2 aromatic carbocycles. The lowest BCUT2D eigenvalue weighted by atomic mass is 10.1. The average Bonchev–Trinajstić information content (AvgIpc) is 3.30. The van der Waals surface area contributed by atoms with Crippen molar-refractivity contribution in [1.29, 1.82) is 0 Å². The Bertz CT molecular complexity index is 1570. The molecule has 0 aliphatic heterocycles. The number of sulfonamides is 1. The zero-order valence-electron chi connectivity index (χ0n) is 19.0. The van der Waals surface area contributed by atoms with Crippen LogP contribution in [0.15, 0.2) is 90.1 Å². The Kier molecular flexibility index (Phi) is 6.15. The number of anilines is 1. The summed E-state index contributed by atoms with van der Waals surface area (Å²) >= 11 is 0. The van der Waals surface area contributed by atoms with Gasteiger partial charge in [0.15, 0.2) is 5.65 Å². The zero-order chi connectivity index (χ0) is 24.3. The van der Waals surface area contributed by atoms with Crippen LogP contribution < -0.4 is 9.46 Å². The fourth-order valence-electron chi connectivity index (χ4n) is 3.73. The molecule has 3 heterocycles. The molecular weight excluding hydrogens is 462 g/mol. The van der Waals surface area contributed by atoms with Crippen molar-refractivity contribution in [3.05, 3.63) is 96.7 Å². The minimum Gasteiger partial charge on any atom is -0.497 e. The Hall–Kier alpha value is -4.24. The third-order valence-corrected chi connectivity index (χ3v) is 6.95. The summed E-state index contributed by atoms with van der Waals surface area (Å²) in [6, 6.07) is 21.2. The van der Waals surface area contributed by atoms with Crippen LogP contribution in [0.25, 0.3) is 22.3 Å². The summed E-state index contributed by atoms with van der Waals surface area (Å²) in [6.07, 6.45) is 4.89. The Morgan fingerprint density at radius 3 is 2.49 bits per heavy atom. The van der Waals surface area contributed by atoms with Crippen LogP contribution in [-0.2, 0) is 22.9 Å². The monoisotopic (exact) mass is 485 g/mol. The Balaban J connectivity index is 1.31. The summed E-state index contributed by atoms with van der Waals surface area (Å²) in [6.45, 7) is 0. The van der Waals surface area contributed by atoms with Gasteiger partial charge in [0.05, 0.1) is 12.0 Å². The molecule has 8 nitrogen and oxygen atoms in total. The lowest BCUT2D eigenvalue weighted by Crippen LogP contribution is -2.12.